The van der Waals surface area contributed by atoms with Gasteiger partial charge in [0.05, 0.1) is 0 Å². The average molecular weight is 345 g/mol. The summed E-state index contributed by atoms with van der Waals surface area (Å²) in [5.41, 5.74) is 1.88. The van der Waals surface area contributed by atoms with E-state index in [1.54, 1.807) is 4.93 Å². The molecular weight excluding hydrogens is 331 g/mol. The van der Waals surface area contributed by atoms with Gasteiger partial charge in [-0.25, -0.2) is 0 Å². The van der Waals surface area contributed by atoms with Crippen LogP contribution in [0.5, 0.6) is 0 Å². The second-order valence-corrected chi connectivity index (χ2v) is 7.08. The summed E-state index contributed by atoms with van der Waals surface area (Å²) in [6, 6.07) is 5.61. The predicted octanol–water partition coefficient (Wildman–Crippen LogP) is 3.71. The van der Waals surface area contributed by atoms with Gasteiger partial charge in [-0.2, -0.15) is 0 Å². The topological polar surface area (TPSA) is 12.0 Å². The van der Waals surface area contributed by atoms with Gasteiger partial charge in [0.2, 0.25) is 0 Å². The van der Waals surface area contributed by atoms with Gasteiger partial charge in [-0.15, -0.1) is 0 Å². The Bertz CT molecular complexity index is 320. The van der Waals surface area contributed by atoms with Crippen molar-refractivity contribution in [2.24, 2.45) is 0 Å². The van der Waals surface area contributed by atoms with Crippen LogP contribution in [0.3, 0.4) is 0 Å². The van der Waals surface area contributed by atoms with Crippen LogP contribution in [0.2, 0.25) is 0 Å². The molecule has 0 aliphatic carbocycles. The second kappa shape index (κ2) is 6.65. The van der Waals surface area contributed by atoms with E-state index < -0.39 is 20.4 Å². The molecule has 0 unspecified atom stereocenters. The normalized spacial score (nSPS) is 11.6. The average Bonchev–Trinajstić information content (AvgIpc) is 2.18. The number of halogens is 3. The van der Waals surface area contributed by atoms with Crippen LogP contribution >= 0.6 is 32.5 Å². The third-order valence-electron chi connectivity index (χ3n) is 1.98. The third-order valence-corrected chi connectivity index (χ3v) is 5.06. The van der Waals surface area contributed by atoms with Crippen molar-refractivity contribution < 1.29 is 6.75 Å². The van der Waals surface area contributed by atoms with Crippen LogP contribution in [0.4, 0.5) is 6.75 Å². The molecule has 0 aliphatic rings. The fourth-order valence-electron chi connectivity index (χ4n) is 1.37. The minimum atomic E-state index is -2.51. The maximum atomic E-state index is 13.3. The van der Waals surface area contributed by atoms with E-state index in [4.69, 9.17) is 0 Å². The van der Waals surface area contributed by atoms with E-state index in [9.17, 15) is 6.75 Å². The van der Waals surface area contributed by atoms with Gasteiger partial charge in [0, 0.05) is 0 Å². The molecular formula is C10H14F2INS. The molecule has 0 fully saturated rings. The Balaban J connectivity index is 2.97. The van der Waals surface area contributed by atoms with Gasteiger partial charge in [-0.3, -0.25) is 0 Å². The first-order valence-electron chi connectivity index (χ1n) is 4.45. The molecule has 0 radical (unpaired) electrons. The first-order valence-corrected chi connectivity index (χ1v) is 9.39. The number of hydrogen-bond acceptors (Lipinski definition) is 2. The van der Waals surface area contributed by atoms with E-state index in [1.807, 2.05) is 25.2 Å². The summed E-state index contributed by atoms with van der Waals surface area (Å²) >= 11 is -2.26. The van der Waals surface area contributed by atoms with Gasteiger partial charge in [0.25, 0.3) is 0 Å². The second-order valence-electron chi connectivity index (χ2n) is 3.11. The van der Waals surface area contributed by atoms with Crippen LogP contribution < -0.4 is 5.32 Å². The number of nitrogens with one attached hydrogen (secondary N) is 1. The zero-order chi connectivity index (χ0) is 11.3. The minimum absolute atomic E-state index is 0.249. The molecule has 0 atom stereocenters. The Kier molecular flexibility index (Phi) is 5.84. The quantitative estimate of drug-likeness (QED) is 0.645. The van der Waals surface area contributed by atoms with Crippen molar-refractivity contribution in [3.63, 3.8) is 0 Å². The fourth-order valence-corrected chi connectivity index (χ4v) is 3.96. The molecule has 0 saturated carbocycles. The van der Waals surface area contributed by atoms with E-state index in [1.165, 1.54) is 0 Å². The first kappa shape index (κ1) is 13.2. The van der Waals surface area contributed by atoms with E-state index >= 15 is 0 Å². The third kappa shape index (κ3) is 3.88. The van der Waals surface area contributed by atoms with Gasteiger partial charge in [-0.1, -0.05) is 0 Å². The van der Waals surface area contributed by atoms with Gasteiger partial charge in [0.1, 0.15) is 0 Å². The molecule has 0 aromatic heterocycles. The molecule has 1 aromatic carbocycles. The molecule has 0 amide bonds. The van der Waals surface area contributed by atoms with E-state index in [0.29, 0.717) is 0 Å². The fraction of sp³-hybridized carbons (Fsp3) is 0.400. The summed E-state index contributed by atoms with van der Waals surface area (Å²) in [4.78, 5) is 1.63. The van der Waals surface area contributed by atoms with Crippen molar-refractivity contribution >= 4 is 32.5 Å². The van der Waals surface area contributed by atoms with Gasteiger partial charge in [0.15, 0.2) is 0 Å². The molecule has 5 heteroatoms. The molecule has 1 aromatic rings. The summed E-state index contributed by atoms with van der Waals surface area (Å²) in [7, 11) is 1.85. The van der Waals surface area contributed by atoms with Crippen LogP contribution in [0.25, 0.3) is 0 Å². The SMILES string of the molecule is CNCc1ccc(I(C)F)c(CSF)c1. The molecule has 0 spiro atoms. The molecule has 0 bridgehead atoms. The van der Waals surface area contributed by atoms with Crippen molar-refractivity contribution in [1.29, 1.82) is 0 Å². The van der Waals surface area contributed by atoms with Crippen LogP contribution in [0.1, 0.15) is 11.1 Å². The monoisotopic (exact) mass is 345 g/mol. The molecule has 1 nitrogen and oxygen atoms in total. The summed E-state index contributed by atoms with van der Waals surface area (Å²) < 4.78 is 26.3. The van der Waals surface area contributed by atoms with Crippen LogP contribution in [0, 0.1) is 3.57 Å². The number of hydrogen-bond donors (Lipinski definition) is 1. The standard InChI is InChI=1S/C10H14F2INS/c1-13(11)10-4-3-8(6-14-2)5-9(10)7-15-12/h3-5,14H,6-7H2,1-2H3. The van der Waals surface area contributed by atoms with Gasteiger partial charge >= 0.3 is 102 Å². The molecule has 86 valence electrons. The first-order chi connectivity index (χ1) is 7.19. The molecule has 0 saturated heterocycles. The maximum absolute atomic E-state index is 13.3. The molecule has 15 heavy (non-hydrogen) atoms. The van der Waals surface area contributed by atoms with E-state index in [-0.39, 0.29) is 17.9 Å². The van der Waals surface area contributed by atoms with Gasteiger partial charge in [-0.05, 0) is 0 Å². The Labute approximate surface area is 101 Å². The summed E-state index contributed by atoms with van der Waals surface area (Å²) in [6.45, 7) is 0.731. The van der Waals surface area contributed by atoms with Gasteiger partial charge < -0.3 is 0 Å². The van der Waals surface area contributed by atoms with Crippen LogP contribution in [0.15, 0.2) is 18.2 Å². The Morgan fingerprint density at radius 2 is 2.20 bits per heavy atom. The molecule has 0 heterocycles. The van der Waals surface area contributed by atoms with Crippen LogP contribution in [-0.4, -0.2) is 12.0 Å². The molecule has 1 rings (SSSR count). The van der Waals surface area contributed by atoms with Crippen LogP contribution in [-0.2, 0) is 12.3 Å². The zero-order valence-electron chi connectivity index (χ0n) is 8.69. The summed E-state index contributed by atoms with van der Waals surface area (Å²) in [5.74, 6) is 0.249. The van der Waals surface area contributed by atoms with Crippen molar-refractivity contribution in [1.82, 2.24) is 5.32 Å². The van der Waals surface area contributed by atoms with E-state index in [0.717, 1.165) is 21.2 Å². The predicted molar refractivity (Wildman–Crippen MR) is 71.4 cm³/mol. The Morgan fingerprint density at radius 1 is 1.47 bits per heavy atom. The summed E-state index contributed by atoms with van der Waals surface area (Å²) in [5, 5.41) is 3.02. The molecule has 0 aliphatic heterocycles. The number of alkyl halides is 1. The summed E-state index contributed by atoms with van der Waals surface area (Å²) in [6.07, 6.45) is 0. The van der Waals surface area contributed by atoms with Crippen molar-refractivity contribution in [2.45, 2.75) is 12.3 Å². The Hall–Kier alpha value is 0.120. The van der Waals surface area contributed by atoms with Crippen molar-refractivity contribution in [3.8, 4) is 0 Å². The Morgan fingerprint density at radius 3 is 2.73 bits per heavy atom. The van der Waals surface area contributed by atoms with Crippen molar-refractivity contribution in [2.75, 3.05) is 12.0 Å². The number of benzene rings is 1. The zero-order valence-corrected chi connectivity index (χ0v) is 11.7. The number of rotatable bonds is 5. The molecule has 1 N–H and O–H groups in total. The van der Waals surface area contributed by atoms with E-state index in [2.05, 4.69) is 5.32 Å². The van der Waals surface area contributed by atoms with Crippen molar-refractivity contribution in [3.05, 3.63) is 32.9 Å².